The molecule has 4 rings (SSSR count). The number of halogens is 5. The van der Waals surface area contributed by atoms with Gasteiger partial charge in [0.15, 0.2) is 5.69 Å². The van der Waals surface area contributed by atoms with Crippen LogP contribution in [0.1, 0.15) is 65.7 Å². The van der Waals surface area contributed by atoms with Crippen LogP contribution in [0.25, 0.3) is 0 Å². The first-order valence-electron chi connectivity index (χ1n) is 13.1. The Labute approximate surface area is 239 Å². The number of hydrogen-bond acceptors (Lipinski definition) is 7. The van der Waals surface area contributed by atoms with Gasteiger partial charge in [0.2, 0.25) is 5.92 Å². The zero-order valence-corrected chi connectivity index (χ0v) is 23.7. The molecule has 1 atom stereocenters. The number of pyridine rings is 1. The van der Waals surface area contributed by atoms with Crippen LogP contribution >= 0.6 is 0 Å². The van der Waals surface area contributed by atoms with Gasteiger partial charge in [0, 0.05) is 42.8 Å². The Hall–Kier alpha value is -3.64. The second kappa shape index (κ2) is 11.2. The molecule has 2 aromatic rings. The van der Waals surface area contributed by atoms with Crippen molar-refractivity contribution in [3.63, 3.8) is 0 Å². The number of rotatable bonds is 5. The molecule has 0 bridgehead atoms. The number of nitrogens with zero attached hydrogens (tertiary/aromatic N) is 4. The highest BCUT2D eigenvalue weighted by atomic mass is 32.2. The maximum atomic E-state index is 14.1. The Kier molecular flexibility index (Phi) is 8.36. The minimum Gasteiger partial charge on any atom is -0.356 e. The van der Waals surface area contributed by atoms with Crippen LogP contribution in [0.5, 0.6) is 0 Å². The highest BCUT2D eigenvalue weighted by Gasteiger charge is 2.42. The van der Waals surface area contributed by atoms with E-state index in [0.29, 0.717) is 12.8 Å². The molecule has 1 aliphatic heterocycles. The van der Waals surface area contributed by atoms with E-state index in [0.717, 1.165) is 13.3 Å². The molecule has 1 saturated heterocycles. The molecule has 0 unspecified atom stereocenters. The Bertz CT molecular complexity index is 1590. The predicted octanol–water partition coefficient (Wildman–Crippen LogP) is 5.02. The number of nitrogens with one attached hydrogen (secondary N) is 1. The summed E-state index contributed by atoms with van der Waals surface area (Å²) in [6, 6.07) is 7.04. The molecule has 0 radical (unpaired) electrons. The maximum Gasteiger partial charge on any atom is 0.434 e. The second-order valence-electron chi connectivity index (χ2n) is 10.7. The molecule has 15 heteroatoms. The number of nitriles is 1. The van der Waals surface area contributed by atoms with E-state index in [-0.39, 0.29) is 41.2 Å². The summed E-state index contributed by atoms with van der Waals surface area (Å²) in [5, 5.41) is 12.1. The molecule has 1 saturated carbocycles. The lowest BCUT2D eigenvalue weighted by molar-refractivity contribution is -0.141. The zero-order valence-electron chi connectivity index (χ0n) is 22.9. The molecule has 9 nitrogen and oxygen atoms in total. The first-order chi connectivity index (χ1) is 19.5. The fourth-order valence-corrected chi connectivity index (χ4v) is 6.16. The van der Waals surface area contributed by atoms with Gasteiger partial charge in [0.05, 0.1) is 26.4 Å². The predicted molar refractivity (Wildman–Crippen MR) is 145 cm³/mol. The van der Waals surface area contributed by atoms with E-state index in [4.69, 9.17) is 5.73 Å². The van der Waals surface area contributed by atoms with E-state index in [1.807, 2.05) is 0 Å². The van der Waals surface area contributed by atoms with Crippen molar-refractivity contribution in [2.45, 2.75) is 68.0 Å². The lowest BCUT2D eigenvalue weighted by atomic mass is 9.77. The summed E-state index contributed by atoms with van der Waals surface area (Å²) in [6.45, 7) is 0.703. The van der Waals surface area contributed by atoms with Crippen LogP contribution in [0.3, 0.4) is 0 Å². The Morgan fingerprint density at radius 1 is 1.17 bits per heavy atom. The van der Waals surface area contributed by atoms with Crippen molar-refractivity contribution in [3.8, 4) is 6.07 Å². The quantitative estimate of drug-likeness (QED) is 0.452. The van der Waals surface area contributed by atoms with Gasteiger partial charge in [0.1, 0.15) is 11.9 Å². The van der Waals surface area contributed by atoms with E-state index in [9.17, 15) is 41.0 Å². The summed E-state index contributed by atoms with van der Waals surface area (Å²) in [4.78, 5) is 31.0. The largest absolute Gasteiger partial charge is 0.434 e. The monoisotopic (exact) mass is 612 g/mol. The van der Waals surface area contributed by atoms with E-state index < -0.39 is 69.1 Å². The summed E-state index contributed by atoms with van der Waals surface area (Å²) in [5.41, 5.74) is 1.79. The van der Waals surface area contributed by atoms with E-state index >= 15 is 0 Å². The van der Waals surface area contributed by atoms with Gasteiger partial charge in [-0.25, -0.2) is 18.0 Å². The normalized spacial score (nSPS) is 19.5. The third-order valence-electron chi connectivity index (χ3n) is 7.51. The van der Waals surface area contributed by atoms with Crippen molar-refractivity contribution in [2.75, 3.05) is 29.6 Å². The van der Waals surface area contributed by atoms with Crippen LogP contribution in [0.2, 0.25) is 0 Å². The number of carbonyl (C=O) groups excluding carboxylic acids is 2. The van der Waals surface area contributed by atoms with E-state index in [2.05, 4.69) is 14.7 Å². The third kappa shape index (κ3) is 6.39. The lowest BCUT2D eigenvalue weighted by Crippen LogP contribution is -2.53. The van der Waals surface area contributed by atoms with Crippen molar-refractivity contribution in [1.82, 2.24) is 4.98 Å². The summed E-state index contributed by atoms with van der Waals surface area (Å²) in [7, 11) is -3.29. The summed E-state index contributed by atoms with van der Waals surface area (Å²) >= 11 is 0. The Morgan fingerprint density at radius 3 is 2.45 bits per heavy atom. The minimum atomic E-state index is -5.05. The molecule has 1 aromatic carbocycles. The number of carbonyl (C=O) groups is 2. The van der Waals surface area contributed by atoms with Gasteiger partial charge >= 0.3 is 6.18 Å². The number of anilines is 2. The zero-order chi connectivity index (χ0) is 31.1. The van der Waals surface area contributed by atoms with Gasteiger partial charge in [-0.1, -0.05) is 6.07 Å². The van der Waals surface area contributed by atoms with E-state index in [1.165, 1.54) is 41.5 Å². The number of amides is 2. The fraction of sp³-hybridized carbons (Fsp3) is 0.481. The van der Waals surface area contributed by atoms with Crippen LogP contribution in [0, 0.1) is 18.3 Å². The van der Waals surface area contributed by atoms with Crippen LogP contribution in [0.15, 0.2) is 33.5 Å². The molecule has 3 N–H and O–H groups in total. The average Bonchev–Trinajstić information content (AvgIpc) is 3.06. The van der Waals surface area contributed by atoms with E-state index in [1.54, 1.807) is 0 Å². The SMILES string of the molecule is Cc1c(C#N)c(C(F)(F)F)nc(N2CCCC(F)(F)CC2)c1C(=O)Nc1cccc([S@@](C)(=O)=NC(=O)C2(N)CCC2)c1. The smallest absolute Gasteiger partial charge is 0.356 e. The van der Waals surface area contributed by atoms with Crippen LogP contribution in [-0.2, 0) is 20.7 Å². The molecule has 226 valence electrons. The van der Waals surface area contributed by atoms with Crippen molar-refractivity contribution in [1.29, 1.82) is 5.26 Å². The molecule has 42 heavy (non-hydrogen) atoms. The van der Waals surface area contributed by atoms with Gasteiger partial charge in [0.25, 0.3) is 11.8 Å². The third-order valence-corrected chi connectivity index (χ3v) is 9.15. The highest BCUT2D eigenvalue weighted by molar-refractivity contribution is 7.93. The number of hydrogen-bond donors (Lipinski definition) is 2. The minimum absolute atomic E-state index is 0.0602. The Morgan fingerprint density at radius 2 is 1.86 bits per heavy atom. The number of benzene rings is 1. The first-order valence-corrected chi connectivity index (χ1v) is 15.0. The second-order valence-corrected chi connectivity index (χ2v) is 12.9. The molecule has 1 aliphatic carbocycles. The van der Waals surface area contributed by atoms with Crippen molar-refractivity contribution < 1.29 is 35.8 Å². The van der Waals surface area contributed by atoms with Gasteiger partial charge in [-0.15, -0.1) is 0 Å². The van der Waals surface area contributed by atoms with Crippen molar-refractivity contribution in [2.24, 2.45) is 10.1 Å². The first kappa shape index (κ1) is 31.3. The number of aromatic nitrogens is 1. The van der Waals surface area contributed by atoms with Crippen LogP contribution in [-0.4, -0.2) is 51.8 Å². The fourth-order valence-electron chi connectivity index (χ4n) is 4.88. The van der Waals surface area contributed by atoms with Gasteiger partial charge < -0.3 is 16.0 Å². The van der Waals surface area contributed by atoms with Crippen molar-refractivity contribution >= 4 is 33.0 Å². The number of nitrogens with two attached hydrogens (primary N) is 1. The summed E-state index contributed by atoms with van der Waals surface area (Å²) in [6.07, 6.45) is -3.42. The highest BCUT2D eigenvalue weighted by Crippen LogP contribution is 2.38. The molecular formula is C27H29F5N6O3S. The standard InChI is InChI=1S/C27H29F5N6O3S/c1-16-19(15-33)21(27(30,31)32)36-22(38-12-5-10-26(28,29)11-13-38)20(16)23(39)35-17-6-3-7-18(14-17)42(2,41)37-24(40)25(34)8-4-9-25/h3,6-7,14H,4-5,8-13,34H2,1-2H3,(H,35,39)/t42-/m1/s1. The molecule has 1 aromatic heterocycles. The summed E-state index contributed by atoms with van der Waals surface area (Å²) < 4.78 is 86.9. The number of alkyl halides is 5. The van der Waals surface area contributed by atoms with Crippen LogP contribution < -0.4 is 16.0 Å². The molecular weight excluding hydrogens is 583 g/mol. The van der Waals surface area contributed by atoms with Gasteiger partial charge in [-0.3, -0.25) is 9.59 Å². The maximum absolute atomic E-state index is 14.1. The lowest BCUT2D eigenvalue weighted by Gasteiger charge is -2.34. The van der Waals surface area contributed by atoms with Gasteiger partial charge in [-0.2, -0.15) is 22.8 Å². The molecule has 2 amide bonds. The molecule has 2 fully saturated rings. The van der Waals surface area contributed by atoms with Crippen LogP contribution in [0.4, 0.5) is 33.5 Å². The summed E-state index contributed by atoms with van der Waals surface area (Å²) in [5.74, 6) is -5.16. The molecule has 2 heterocycles. The topological polar surface area (TPSA) is 142 Å². The molecule has 0 spiro atoms. The van der Waals surface area contributed by atoms with Gasteiger partial charge in [-0.05, 0) is 56.4 Å². The average molecular weight is 613 g/mol. The molecule has 2 aliphatic rings. The Balaban J connectivity index is 1.74. The van der Waals surface area contributed by atoms with Crippen molar-refractivity contribution in [3.05, 3.63) is 46.6 Å².